The molecule has 0 N–H and O–H groups in total. The Labute approximate surface area is 101 Å². The van der Waals surface area contributed by atoms with E-state index in [0.717, 1.165) is 19.4 Å². The molecule has 1 aliphatic rings. The highest BCUT2D eigenvalue weighted by Gasteiger charge is 2.35. The fourth-order valence-corrected chi connectivity index (χ4v) is 3.09. The van der Waals surface area contributed by atoms with Gasteiger partial charge in [-0.2, -0.15) is 0 Å². The van der Waals surface area contributed by atoms with E-state index in [-0.39, 0.29) is 11.3 Å². The third kappa shape index (κ3) is 2.14. The van der Waals surface area contributed by atoms with Gasteiger partial charge in [0.1, 0.15) is 0 Å². The van der Waals surface area contributed by atoms with Crippen molar-refractivity contribution in [3.63, 3.8) is 0 Å². The Morgan fingerprint density at radius 2 is 2.25 bits per heavy atom. The van der Waals surface area contributed by atoms with E-state index in [1.165, 1.54) is 4.88 Å². The number of amides is 1. The highest BCUT2D eigenvalue weighted by Crippen LogP contribution is 2.36. The molecule has 2 rings (SSSR count). The van der Waals surface area contributed by atoms with E-state index < -0.39 is 0 Å². The molecule has 3 heteroatoms. The van der Waals surface area contributed by atoms with Crippen LogP contribution in [0.3, 0.4) is 0 Å². The molecule has 1 atom stereocenters. The van der Waals surface area contributed by atoms with Gasteiger partial charge in [0.2, 0.25) is 5.91 Å². The van der Waals surface area contributed by atoms with Gasteiger partial charge in [0, 0.05) is 16.8 Å². The maximum absolute atomic E-state index is 12.3. The second kappa shape index (κ2) is 4.21. The van der Waals surface area contributed by atoms with Gasteiger partial charge in [0.15, 0.2) is 0 Å². The average Bonchev–Trinajstić information content (AvgIpc) is 2.85. The van der Waals surface area contributed by atoms with E-state index in [1.807, 2.05) is 20.8 Å². The van der Waals surface area contributed by atoms with Gasteiger partial charge < -0.3 is 4.90 Å². The second-order valence-corrected chi connectivity index (χ2v) is 6.40. The van der Waals surface area contributed by atoms with Crippen LogP contribution in [0.1, 0.15) is 44.5 Å². The molecule has 2 nitrogen and oxygen atoms in total. The number of carbonyl (C=O) groups excluding carboxylic acids is 1. The van der Waals surface area contributed by atoms with Crippen LogP contribution < -0.4 is 0 Å². The summed E-state index contributed by atoms with van der Waals surface area (Å²) in [4.78, 5) is 15.7. The predicted molar refractivity (Wildman–Crippen MR) is 67.5 cm³/mol. The molecule has 16 heavy (non-hydrogen) atoms. The van der Waals surface area contributed by atoms with Crippen molar-refractivity contribution >= 4 is 17.2 Å². The minimum Gasteiger partial charge on any atom is -0.334 e. The molecule has 1 unspecified atom stereocenters. The molecule has 0 saturated carbocycles. The van der Waals surface area contributed by atoms with E-state index in [9.17, 15) is 4.79 Å². The van der Waals surface area contributed by atoms with Gasteiger partial charge in [0.25, 0.3) is 0 Å². The first-order valence-corrected chi connectivity index (χ1v) is 6.72. The van der Waals surface area contributed by atoms with Gasteiger partial charge in [-0.05, 0) is 24.3 Å². The summed E-state index contributed by atoms with van der Waals surface area (Å²) in [6.07, 6.45) is 2.24. The normalized spacial score (nSPS) is 21.4. The van der Waals surface area contributed by atoms with Crippen molar-refractivity contribution in [2.24, 2.45) is 5.41 Å². The average molecular weight is 237 g/mol. The fraction of sp³-hybridized carbons (Fsp3) is 0.615. The zero-order valence-corrected chi connectivity index (χ0v) is 11.0. The minimum absolute atomic E-state index is 0.264. The maximum atomic E-state index is 12.3. The first-order valence-electron chi connectivity index (χ1n) is 5.84. The summed E-state index contributed by atoms with van der Waals surface area (Å²) in [5.74, 6) is 0.281. The highest BCUT2D eigenvalue weighted by molar-refractivity contribution is 7.10. The molecule has 1 aliphatic heterocycles. The number of likely N-dealkylation sites (tertiary alicyclic amines) is 1. The van der Waals surface area contributed by atoms with Gasteiger partial charge in [-0.15, -0.1) is 11.3 Å². The molecule has 0 radical (unpaired) electrons. The minimum atomic E-state index is -0.264. The lowest BCUT2D eigenvalue weighted by molar-refractivity contribution is -0.140. The topological polar surface area (TPSA) is 20.3 Å². The number of rotatable bonds is 1. The smallest absolute Gasteiger partial charge is 0.228 e. The van der Waals surface area contributed by atoms with E-state index >= 15 is 0 Å². The van der Waals surface area contributed by atoms with Crippen molar-refractivity contribution in [3.8, 4) is 0 Å². The molecule has 1 amide bonds. The zero-order valence-electron chi connectivity index (χ0n) is 10.2. The number of hydrogen-bond donors (Lipinski definition) is 0. The first-order chi connectivity index (χ1) is 7.50. The summed E-state index contributed by atoms with van der Waals surface area (Å²) < 4.78 is 0. The van der Waals surface area contributed by atoms with Gasteiger partial charge in [-0.1, -0.05) is 26.8 Å². The Morgan fingerprint density at radius 3 is 2.81 bits per heavy atom. The Bertz CT molecular complexity index is 364. The van der Waals surface area contributed by atoms with Crippen LogP contribution in [0.5, 0.6) is 0 Å². The Morgan fingerprint density at radius 1 is 1.50 bits per heavy atom. The number of nitrogens with zero attached hydrogens (tertiary/aromatic N) is 1. The zero-order chi connectivity index (χ0) is 11.8. The number of thiophene rings is 1. The van der Waals surface area contributed by atoms with Gasteiger partial charge in [-0.3, -0.25) is 4.79 Å². The molecule has 2 heterocycles. The molecule has 1 fully saturated rings. The Balaban J connectivity index is 2.19. The third-order valence-corrected chi connectivity index (χ3v) is 4.00. The monoisotopic (exact) mass is 237 g/mol. The van der Waals surface area contributed by atoms with Gasteiger partial charge in [-0.25, -0.2) is 0 Å². The number of hydrogen-bond acceptors (Lipinski definition) is 2. The molecule has 1 aromatic rings. The molecule has 0 aliphatic carbocycles. The number of carbonyl (C=O) groups is 1. The molecule has 88 valence electrons. The maximum Gasteiger partial charge on any atom is 0.228 e. The van der Waals surface area contributed by atoms with Crippen molar-refractivity contribution < 1.29 is 4.79 Å². The third-order valence-electron chi connectivity index (χ3n) is 3.03. The summed E-state index contributed by atoms with van der Waals surface area (Å²) in [5, 5.41) is 2.09. The van der Waals surface area contributed by atoms with Crippen molar-refractivity contribution in [2.45, 2.75) is 39.7 Å². The van der Waals surface area contributed by atoms with Crippen molar-refractivity contribution in [1.82, 2.24) is 4.90 Å². The lowest BCUT2D eigenvalue weighted by Gasteiger charge is -2.30. The van der Waals surface area contributed by atoms with Crippen LogP contribution in [-0.2, 0) is 4.79 Å². The van der Waals surface area contributed by atoms with E-state index in [4.69, 9.17) is 0 Å². The summed E-state index contributed by atoms with van der Waals surface area (Å²) in [6.45, 7) is 6.91. The molecular formula is C13H19NOS. The molecule has 1 saturated heterocycles. The summed E-state index contributed by atoms with van der Waals surface area (Å²) in [6, 6.07) is 4.54. The Hall–Kier alpha value is -0.830. The van der Waals surface area contributed by atoms with Crippen LogP contribution >= 0.6 is 11.3 Å². The van der Waals surface area contributed by atoms with Crippen molar-refractivity contribution in [2.75, 3.05) is 6.54 Å². The van der Waals surface area contributed by atoms with Crippen molar-refractivity contribution in [1.29, 1.82) is 0 Å². The molecule has 0 spiro atoms. The lowest BCUT2D eigenvalue weighted by Crippen LogP contribution is -2.38. The molecule has 0 bridgehead atoms. The van der Waals surface area contributed by atoms with E-state index in [0.29, 0.717) is 6.04 Å². The van der Waals surface area contributed by atoms with Crippen LogP contribution in [0.4, 0.5) is 0 Å². The van der Waals surface area contributed by atoms with E-state index in [2.05, 4.69) is 22.4 Å². The highest BCUT2D eigenvalue weighted by atomic mass is 32.1. The van der Waals surface area contributed by atoms with Crippen LogP contribution in [0, 0.1) is 5.41 Å². The van der Waals surface area contributed by atoms with Crippen LogP contribution in [0.2, 0.25) is 0 Å². The summed E-state index contributed by atoms with van der Waals surface area (Å²) in [7, 11) is 0. The lowest BCUT2D eigenvalue weighted by atomic mass is 9.94. The summed E-state index contributed by atoms with van der Waals surface area (Å²) >= 11 is 1.76. The predicted octanol–water partition coefficient (Wildman–Crippen LogP) is 3.46. The van der Waals surface area contributed by atoms with Crippen LogP contribution in [0.25, 0.3) is 0 Å². The van der Waals surface area contributed by atoms with Gasteiger partial charge >= 0.3 is 0 Å². The largest absolute Gasteiger partial charge is 0.334 e. The molecular weight excluding hydrogens is 218 g/mol. The SMILES string of the molecule is CC(C)(C)C(=O)N1CCCC1c1cccs1. The van der Waals surface area contributed by atoms with E-state index in [1.54, 1.807) is 11.3 Å². The van der Waals surface area contributed by atoms with Crippen molar-refractivity contribution in [3.05, 3.63) is 22.4 Å². The van der Waals surface area contributed by atoms with Crippen LogP contribution in [-0.4, -0.2) is 17.4 Å². The quantitative estimate of drug-likeness (QED) is 0.732. The molecule has 1 aromatic heterocycles. The summed E-state index contributed by atoms with van der Waals surface area (Å²) in [5.41, 5.74) is -0.264. The second-order valence-electron chi connectivity index (χ2n) is 5.42. The van der Waals surface area contributed by atoms with Crippen LogP contribution in [0.15, 0.2) is 17.5 Å². The first kappa shape index (κ1) is 11.6. The Kier molecular flexibility index (Phi) is 3.06. The fourth-order valence-electron chi connectivity index (χ4n) is 2.22. The standard InChI is InChI=1S/C13H19NOS/c1-13(2,3)12(15)14-8-4-6-10(14)11-7-5-9-16-11/h5,7,9-10H,4,6,8H2,1-3H3. The molecule has 0 aromatic carbocycles. The van der Waals surface area contributed by atoms with Gasteiger partial charge in [0.05, 0.1) is 6.04 Å².